The summed E-state index contributed by atoms with van der Waals surface area (Å²) in [6.45, 7) is 2.51. The minimum atomic E-state index is 0. The first kappa shape index (κ1) is 15.5. The molecule has 2 atom stereocenters. The molecule has 2 aromatic carbocycles. The first-order valence-corrected chi connectivity index (χ1v) is 7.89. The van der Waals surface area contributed by atoms with Gasteiger partial charge in [-0.05, 0) is 25.9 Å². The van der Waals surface area contributed by atoms with Gasteiger partial charge in [-0.25, -0.2) is 24.3 Å². The molecule has 0 aliphatic carbocycles. The average Bonchev–Trinajstić information content (AvgIpc) is 3.29. The summed E-state index contributed by atoms with van der Waals surface area (Å²) in [6, 6.07) is 19.6. The Morgan fingerprint density at radius 3 is 2.36 bits per heavy atom. The van der Waals surface area contributed by atoms with Gasteiger partial charge in [-0.1, -0.05) is 0 Å². The molecule has 4 heteroatoms. The maximum atomic E-state index is 4.60. The molecule has 4 heterocycles. The summed E-state index contributed by atoms with van der Waals surface area (Å²) >= 11 is 0. The van der Waals surface area contributed by atoms with Gasteiger partial charge < -0.3 is 5.43 Å². The van der Waals surface area contributed by atoms with E-state index in [1.807, 2.05) is 30.3 Å². The molecule has 2 aromatic rings. The molecular formula is C18H21FeN3. The second-order valence-electron chi connectivity index (χ2n) is 6.08. The maximum Gasteiger partial charge on any atom is 2.00 e. The largest absolute Gasteiger partial charge is 2.00 e. The molecule has 0 spiro atoms. The van der Waals surface area contributed by atoms with E-state index in [0.29, 0.717) is 12.1 Å². The minimum absolute atomic E-state index is 0. The monoisotopic (exact) mass is 335 g/mol. The van der Waals surface area contributed by atoms with E-state index in [4.69, 9.17) is 0 Å². The third kappa shape index (κ3) is 2.79. The van der Waals surface area contributed by atoms with Crippen molar-refractivity contribution in [2.24, 2.45) is 11.0 Å². The van der Waals surface area contributed by atoms with Crippen LogP contribution in [0.15, 0.2) is 59.7 Å². The van der Waals surface area contributed by atoms with Gasteiger partial charge in [0, 0.05) is 12.0 Å². The molecule has 2 bridgehead atoms. The number of nitrogens with one attached hydrogen (secondary N) is 1. The van der Waals surface area contributed by atoms with Gasteiger partial charge in [0.1, 0.15) is 0 Å². The predicted molar refractivity (Wildman–Crippen MR) is 85.5 cm³/mol. The summed E-state index contributed by atoms with van der Waals surface area (Å²) < 4.78 is 0. The van der Waals surface area contributed by atoms with Gasteiger partial charge in [0.05, 0.1) is 11.8 Å². The summed E-state index contributed by atoms with van der Waals surface area (Å²) in [6.07, 6.45) is 2.62. The number of fused-ring (bicyclic) bond motifs is 2. The summed E-state index contributed by atoms with van der Waals surface area (Å²) in [7, 11) is 0. The quantitative estimate of drug-likeness (QED) is 0.641. The van der Waals surface area contributed by atoms with E-state index in [1.165, 1.54) is 37.2 Å². The molecule has 0 amide bonds. The predicted octanol–water partition coefficient (Wildman–Crippen LogP) is 2.90. The number of nitrogens with zero attached hydrogens (tertiary/aromatic N) is 2. The van der Waals surface area contributed by atoms with Gasteiger partial charge in [-0.2, -0.15) is 35.4 Å². The number of piperidine rings is 3. The second-order valence-corrected chi connectivity index (χ2v) is 6.08. The molecule has 3 nitrogen and oxygen atoms in total. The first-order chi connectivity index (χ1) is 10.4. The minimum Gasteiger partial charge on any atom is -0.312 e. The topological polar surface area (TPSA) is 27.6 Å². The molecule has 22 heavy (non-hydrogen) atoms. The Bertz CT molecular complexity index is 563. The summed E-state index contributed by atoms with van der Waals surface area (Å²) in [5.74, 6) is 0.752. The van der Waals surface area contributed by atoms with E-state index in [-0.39, 0.29) is 17.1 Å². The van der Waals surface area contributed by atoms with Crippen LogP contribution in [0.5, 0.6) is 0 Å². The molecule has 3 saturated heterocycles. The molecule has 0 radical (unpaired) electrons. The van der Waals surface area contributed by atoms with Crippen LogP contribution in [0.25, 0.3) is 0 Å². The number of hydrazone groups is 1. The molecule has 4 aliphatic rings. The fourth-order valence-corrected chi connectivity index (χ4v) is 3.83. The van der Waals surface area contributed by atoms with Crippen LogP contribution in [-0.4, -0.2) is 29.7 Å². The third-order valence-corrected chi connectivity index (χ3v) is 4.90. The van der Waals surface area contributed by atoms with E-state index >= 15 is 0 Å². The van der Waals surface area contributed by atoms with Gasteiger partial charge in [0.15, 0.2) is 0 Å². The first-order valence-electron chi connectivity index (χ1n) is 7.89. The number of hydrogen-bond acceptors (Lipinski definition) is 3. The summed E-state index contributed by atoms with van der Waals surface area (Å²) in [4.78, 5) is 2.61. The van der Waals surface area contributed by atoms with Crippen molar-refractivity contribution in [1.82, 2.24) is 10.3 Å². The van der Waals surface area contributed by atoms with Crippen molar-refractivity contribution in [2.45, 2.75) is 24.9 Å². The van der Waals surface area contributed by atoms with E-state index in [1.54, 1.807) is 0 Å². The van der Waals surface area contributed by atoms with Crippen LogP contribution in [0.3, 0.4) is 0 Å². The molecule has 0 aromatic heterocycles. The summed E-state index contributed by atoms with van der Waals surface area (Å²) in [5, 5.41) is 4.60. The van der Waals surface area contributed by atoms with Gasteiger partial charge in [0.25, 0.3) is 0 Å². The SMILES string of the molecule is [Fe+2].c1cc[c-](C2NN=C3C4CCN(CC4)C32)c1.c1cc[cH-]c1. The smallest absolute Gasteiger partial charge is 0.312 e. The molecule has 2 unspecified atom stereocenters. The zero-order valence-corrected chi connectivity index (χ0v) is 13.6. The maximum absolute atomic E-state index is 4.60. The Morgan fingerprint density at radius 1 is 1.09 bits per heavy atom. The van der Waals surface area contributed by atoms with Crippen molar-refractivity contribution >= 4 is 5.71 Å². The molecule has 0 saturated carbocycles. The van der Waals surface area contributed by atoms with Crippen molar-refractivity contribution < 1.29 is 17.1 Å². The van der Waals surface area contributed by atoms with Crippen LogP contribution >= 0.6 is 0 Å². The zero-order chi connectivity index (χ0) is 14.1. The Kier molecular flexibility index (Phi) is 4.82. The fraction of sp³-hybridized carbons (Fsp3) is 0.389. The van der Waals surface area contributed by atoms with E-state index in [0.717, 1.165) is 5.92 Å². The fourth-order valence-electron chi connectivity index (χ4n) is 3.83. The van der Waals surface area contributed by atoms with E-state index in [9.17, 15) is 0 Å². The van der Waals surface area contributed by atoms with Crippen molar-refractivity contribution in [2.75, 3.05) is 13.1 Å². The van der Waals surface area contributed by atoms with Gasteiger partial charge in [-0.3, -0.25) is 4.90 Å². The van der Waals surface area contributed by atoms with Crippen molar-refractivity contribution in [1.29, 1.82) is 0 Å². The second kappa shape index (κ2) is 6.82. The van der Waals surface area contributed by atoms with Crippen LogP contribution in [0.1, 0.15) is 24.4 Å². The Hall–Kier alpha value is -1.35. The molecule has 3 fully saturated rings. The van der Waals surface area contributed by atoms with Crippen LogP contribution in [0.2, 0.25) is 0 Å². The summed E-state index contributed by atoms with van der Waals surface area (Å²) in [5.41, 5.74) is 6.15. The van der Waals surface area contributed by atoms with Crippen LogP contribution in [-0.2, 0) is 17.1 Å². The Balaban J connectivity index is 0.000000208. The normalized spacial score (nSPS) is 31.2. The van der Waals surface area contributed by atoms with Crippen LogP contribution < -0.4 is 5.43 Å². The van der Waals surface area contributed by atoms with Crippen LogP contribution in [0.4, 0.5) is 0 Å². The molecular weight excluding hydrogens is 314 g/mol. The zero-order valence-electron chi connectivity index (χ0n) is 12.5. The van der Waals surface area contributed by atoms with E-state index < -0.39 is 0 Å². The Labute approximate surface area is 142 Å². The van der Waals surface area contributed by atoms with Crippen LogP contribution in [0, 0.1) is 5.92 Å². The number of hydrogen-bond donors (Lipinski definition) is 1. The third-order valence-electron chi connectivity index (χ3n) is 4.90. The van der Waals surface area contributed by atoms with Crippen molar-refractivity contribution in [3.8, 4) is 0 Å². The average molecular weight is 335 g/mol. The molecule has 1 N–H and O–H groups in total. The van der Waals surface area contributed by atoms with Crippen molar-refractivity contribution in [3.63, 3.8) is 0 Å². The Morgan fingerprint density at radius 2 is 1.77 bits per heavy atom. The van der Waals surface area contributed by atoms with Crippen molar-refractivity contribution in [3.05, 3.63) is 60.2 Å². The van der Waals surface area contributed by atoms with Gasteiger partial charge >= 0.3 is 17.1 Å². The molecule has 6 rings (SSSR count). The van der Waals surface area contributed by atoms with E-state index in [2.05, 4.69) is 39.7 Å². The standard InChI is InChI=1S/C13H16N3.C5H5.Fe/c1-2-4-9(3-1)11-13-12(15-14-11)10-5-7-16(13)8-6-10;1-2-4-5-3-1;/h1-4,10-11,13-14H,5-8H2;1-5H;/q2*-1;+2. The van der Waals surface area contributed by atoms with Gasteiger partial charge in [0.2, 0.25) is 0 Å². The number of rotatable bonds is 1. The van der Waals surface area contributed by atoms with Gasteiger partial charge in [-0.15, -0.1) is 5.56 Å². The molecule has 116 valence electrons. The molecule has 4 aliphatic heterocycles.